The number of benzene rings is 1. The minimum atomic E-state index is -0.383. The predicted octanol–water partition coefficient (Wildman–Crippen LogP) is 3.84. The molecule has 0 aliphatic heterocycles. The number of ketones is 1. The highest BCUT2D eigenvalue weighted by atomic mass is 16.5. The van der Waals surface area contributed by atoms with E-state index in [0.717, 1.165) is 22.4 Å². The van der Waals surface area contributed by atoms with E-state index >= 15 is 0 Å². The number of terminal acetylenes is 1. The largest absolute Gasteiger partial charge is 0.462 e. The van der Waals surface area contributed by atoms with E-state index in [1.54, 1.807) is 19.9 Å². The third-order valence-corrected chi connectivity index (χ3v) is 4.30. The van der Waals surface area contributed by atoms with E-state index in [2.05, 4.69) is 5.92 Å². The third-order valence-electron chi connectivity index (χ3n) is 4.30. The van der Waals surface area contributed by atoms with Gasteiger partial charge in [0.2, 0.25) is 11.7 Å². The van der Waals surface area contributed by atoms with Gasteiger partial charge in [-0.05, 0) is 63.3 Å². The minimum Gasteiger partial charge on any atom is -0.462 e. The standard InChI is InChI=1S/C22H29NO3/c1-8-20(24)15(4)11-18(7)26-22-16(5)12-19(13-17(22)6)14-21(25)23(9-2)10-3/h1,11-13,15H,9-10,14H2,2-7H3/b18-11+. The fourth-order valence-electron chi connectivity index (χ4n) is 2.92. The third kappa shape index (κ3) is 5.77. The van der Waals surface area contributed by atoms with Gasteiger partial charge >= 0.3 is 0 Å². The molecule has 1 aromatic carbocycles. The molecule has 0 fully saturated rings. The van der Waals surface area contributed by atoms with Gasteiger partial charge < -0.3 is 9.64 Å². The highest BCUT2D eigenvalue weighted by Gasteiger charge is 2.14. The molecule has 0 spiro atoms. The Morgan fingerprint density at radius 2 is 1.77 bits per heavy atom. The van der Waals surface area contributed by atoms with Gasteiger partial charge in [-0.2, -0.15) is 0 Å². The number of rotatable bonds is 8. The van der Waals surface area contributed by atoms with Crippen LogP contribution in [0.3, 0.4) is 0 Å². The van der Waals surface area contributed by atoms with E-state index in [1.165, 1.54) is 0 Å². The van der Waals surface area contributed by atoms with E-state index < -0.39 is 0 Å². The zero-order valence-electron chi connectivity index (χ0n) is 16.7. The number of aryl methyl sites for hydroxylation is 2. The molecule has 0 aromatic heterocycles. The first-order valence-corrected chi connectivity index (χ1v) is 8.98. The lowest BCUT2D eigenvalue weighted by atomic mass is 10.0. The van der Waals surface area contributed by atoms with Crippen molar-refractivity contribution in [2.45, 2.75) is 48.0 Å². The first kappa shape index (κ1) is 21.5. The molecule has 0 saturated heterocycles. The van der Waals surface area contributed by atoms with Crippen molar-refractivity contribution in [1.29, 1.82) is 0 Å². The van der Waals surface area contributed by atoms with Crippen LogP contribution < -0.4 is 4.74 Å². The number of Topliss-reactive ketones (excluding diaryl/α,β-unsaturated/α-hetero) is 1. The molecule has 1 unspecified atom stereocenters. The SMILES string of the molecule is C#CC(=O)C(C)/C=C(\C)Oc1c(C)cc(CC(=O)N(CC)CC)cc1C. The first-order valence-electron chi connectivity index (χ1n) is 8.98. The first-order chi connectivity index (χ1) is 12.2. The molecule has 1 rings (SSSR count). The molecule has 1 aromatic rings. The normalized spacial score (nSPS) is 12.3. The van der Waals surface area contributed by atoms with Gasteiger partial charge in [-0.3, -0.25) is 9.59 Å². The predicted molar refractivity (Wildman–Crippen MR) is 105 cm³/mol. The average Bonchev–Trinajstić information content (AvgIpc) is 2.58. The van der Waals surface area contributed by atoms with Crippen LogP contribution in [0.1, 0.15) is 44.4 Å². The second-order valence-electron chi connectivity index (χ2n) is 6.48. The molecule has 0 N–H and O–H groups in total. The molecular formula is C22H29NO3. The van der Waals surface area contributed by atoms with Crippen molar-refractivity contribution < 1.29 is 14.3 Å². The summed E-state index contributed by atoms with van der Waals surface area (Å²) in [4.78, 5) is 25.6. The van der Waals surface area contributed by atoms with E-state index in [-0.39, 0.29) is 17.6 Å². The number of nitrogens with zero attached hydrogens (tertiary/aromatic N) is 1. The lowest BCUT2D eigenvalue weighted by Gasteiger charge is -2.19. The van der Waals surface area contributed by atoms with Crippen LogP contribution in [-0.4, -0.2) is 29.7 Å². The van der Waals surface area contributed by atoms with Crippen molar-refractivity contribution in [2.24, 2.45) is 5.92 Å². The number of amides is 1. The molecule has 26 heavy (non-hydrogen) atoms. The topological polar surface area (TPSA) is 46.6 Å². The lowest BCUT2D eigenvalue weighted by molar-refractivity contribution is -0.130. The van der Waals surface area contributed by atoms with Crippen LogP contribution in [0.2, 0.25) is 0 Å². The van der Waals surface area contributed by atoms with Crippen molar-refractivity contribution in [2.75, 3.05) is 13.1 Å². The fourth-order valence-corrected chi connectivity index (χ4v) is 2.92. The Bertz CT molecular complexity index is 713. The maximum absolute atomic E-state index is 12.3. The smallest absolute Gasteiger partial charge is 0.226 e. The van der Waals surface area contributed by atoms with Gasteiger partial charge in [-0.15, -0.1) is 6.42 Å². The van der Waals surface area contributed by atoms with E-state index in [4.69, 9.17) is 11.2 Å². The van der Waals surface area contributed by atoms with Crippen LogP contribution >= 0.6 is 0 Å². The van der Waals surface area contributed by atoms with Crippen LogP contribution in [-0.2, 0) is 16.0 Å². The molecule has 0 radical (unpaired) electrons. The Hall–Kier alpha value is -2.54. The van der Waals surface area contributed by atoms with Gasteiger partial charge in [-0.25, -0.2) is 0 Å². The summed E-state index contributed by atoms with van der Waals surface area (Å²) in [7, 11) is 0. The highest BCUT2D eigenvalue weighted by Crippen LogP contribution is 2.27. The maximum Gasteiger partial charge on any atom is 0.226 e. The van der Waals surface area contributed by atoms with Gasteiger partial charge in [0.25, 0.3) is 0 Å². The number of allylic oxidation sites excluding steroid dienone is 2. The summed E-state index contributed by atoms with van der Waals surface area (Å²) in [5.41, 5.74) is 2.88. The van der Waals surface area contributed by atoms with Gasteiger partial charge in [0.05, 0.1) is 12.2 Å². The minimum absolute atomic E-state index is 0.125. The van der Waals surface area contributed by atoms with Gasteiger partial charge in [0.1, 0.15) is 5.75 Å². The highest BCUT2D eigenvalue weighted by molar-refractivity contribution is 5.97. The Morgan fingerprint density at radius 3 is 2.23 bits per heavy atom. The molecule has 4 heteroatoms. The van der Waals surface area contributed by atoms with Crippen molar-refractivity contribution in [3.05, 3.63) is 40.7 Å². The second kappa shape index (κ2) is 9.82. The number of likely N-dealkylation sites (N-methyl/N-ethyl adjacent to an activating group) is 1. The quantitative estimate of drug-likeness (QED) is 0.404. The Balaban J connectivity index is 2.97. The summed E-state index contributed by atoms with van der Waals surface area (Å²) in [5, 5.41) is 0. The molecule has 0 aliphatic rings. The molecule has 0 bridgehead atoms. The Kier molecular flexibility index (Phi) is 8.12. The summed E-state index contributed by atoms with van der Waals surface area (Å²) in [6.45, 7) is 12.9. The van der Waals surface area contributed by atoms with E-state index in [1.807, 2.05) is 44.7 Å². The Morgan fingerprint density at radius 1 is 1.23 bits per heavy atom. The maximum atomic E-state index is 12.3. The van der Waals surface area contributed by atoms with Crippen LogP contribution in [0.5, 0.6) is 5.75 Å². The number of hydrogen-bond donors (Lipinski definition) is 0. The molecule has 1 atom stereocenters. The van der Waals surface area contributed by atoms with E-state index in [0.29, 0.717) is 25.3 Å². The molecule has 0 aliphatic carbocycles. The zero-order chi connectivity index (χ0) is 19.9. The van der Waals surface area contributed by atoms with Gasteiger partial charge in [0, 0.05) is 19.0 Å². The lowest BCUT2D eigenvalue weighted by Crippen LogP contribution is -2.31. The molecule has 0 saturated carbocycles. The number of carbonyl (C=O) groups is 2. The molecular weight excluding hydrogens is 326 g/mol. The van der Waals surface area contributed by atoms with Crippen LogP contribution in [0.25, 0.3) is 0 Å². The summed E-state index contributed by atoms with van der Waals surface area (Å²) in [5.74, 6) is 2.97. The van der Waals surface area contributed by atoms with Crippen molar-refractivity contribution >= 4 is 11.7 Å². The van der Waals surface area contributed by atoms with Crippen LogP contribution in [0, 0.1) is 32.1 Å². The molecule has 140 valence electrons. The van der Waals surface area contributed by atoms with Gasteiger partial charge in [0.15, 0.2) is 0 Å². The monoisotopic (exact) mass is 355 g/mol. The van der Waals surface area contributed by atoms with Gasteiger partial charge in [-0.1, -0.05) is 19.1 Å². The fraction of sp³-hybridized carbons (Fsp3) is 0.455. The number of ether oxygens (including phenoxy) is 1. The summed E-state index contributed by atoms with van der Waals surface area (Å²) >= 11 is 0. The van der Waals surface area contributed by atoms with Crippen molar-refractivity contribution in [3.63, 3.8) is 0 Å². The van der Waals surface area contributed by atoms with Crippen LogP contribution in [0.4, 0.5) is 0 Å². The number of hydrogen-bond acceptors (Lipinski definition) is 3. The molecule has 1 amide bonds. The molecule has 4 nitrogen and oxygen atoms in total. The summed E-state index contributed by atoms with van der Waals surface area (Å²) in [6.07, 6.45) is 7.25. The average molecular weight is 355 g/mol. The van der Waals surface area contributed by atoms with Crippen molar-refractivity contribution in [3.8, 4) is 18.1 Å². The summed E-state index contributed by atoms with van der Waals surface area (Å²) in [6, 6.07) is 3.96. The Labute approximate surface area is 157 Å². The number of carbonyl (C=O) groups excluding carboxylic acids is 2. The van der Waals surface area contributed by atoms with E-state index in [9.17, 15) is 9.59 Å². The zero-order valence-corrected chi connectivity index (χ0v) is 16.7. The second-order valence-corrected chi connectivity index (χ2v) is 6.48. The van der Waals surface area contributed by atoms with Crippen molar-refractivity contribution in [1.82, 2.24) is 4.90 Å². The molecule has 0 heterocycles. The summed E-state index contributed by atoms with van der Waals surface area (Å²) < 4.78 is 5.94. The van der Waals surface area contributed by atoms with Crippen LogP contribution in [0.15, 0.2) is 24.0 Å².